The number of amides is 2. The van der Waals surface area contributed by atoms with Crippen molar-refractivity contribution in [3.63, 3.8) is 0 Å². The third-order valence-corrected chi connectivity index (χ3v) is 8.32. The second kappa shape index (κ2) is 6.98. The molecule has 0 unspecified atom stereocenters. The summed E-state index contributed by atoms with van der Waals surface area (Å²) in [6, 6.07) is 1.20. The summed E-state index contributed by atoms with van der Waals surface area (Å²) in [7, 11) is -3.54. The fourth-order valence-corrected chi connectivity index (χ4v) is 5.87. The van der Waals surface area contributed by atoms with Crippen LogP contribution in [-0.4, -0.2) is 26.1 Å². The molecule has 2 aliphatic carbocycles. The minimum Gasteiger partial charge on any atom is -0.383 e. The predicted octanol–water partition coefficient (Wildman–Crippen LogP) is 2.92. The first-order chi connectivity index (χ1) is 13.6. The number of ketones is 1. The monoisotopic (exact) mass is 434 g/mol. The van der Waals surface area contributed by atoms with E-state index in [0.717, 1.165) is 47.3 Å². The Morgan fingerprint density at radius 3 is 2.76 bits per heavy atom. The van der Waals surface area contributed by atoms with Crippen molar-refractivity contribution in [1.82, 2.24) is 4.98 Å². The molecule has 4 N–H and O–H groups in total. The average molecular weight is 435 g/mol. The number of anilines is 1. The van der Waals surface area contributed by atoms with Gasteiger partial charge in [0.25, 0.3) is 0 Å². The maximum Gasteiger partial charge on any atom is 0.354 e. The number of aliphatic hydroxyl groups is 1. The lowest BCUT2D eigenvalue weighted by atomic mass is 9.98. The van der Waals surface area contributed by atoms with Gasteiger partial charge in [-0.25, -0.2) is 19.1 Å². The number of Topliss-reactive ketones (excluding diaryl/α,β-unsaturated/α-hetero) is 1. The van der Waals surface area contributed by atoms with E-state index < -0.39 is 21.5 Å². The Morgan fingerprint density at radius 2 is 2.07 bits per heavy atom. The molecule has 1 heterocycles. The van der Waals surface area contributed by atoms with E-state index in [4.69, 9.17) is 5.14 Å². The van der Waals surface area contributed by atoms with Gasteiger partial charge in [0.15, 0.2) is 15.7 Å². The van der Waals surface area contributed by atoms with Crippen LogP contribution in [0.25, 0.3) is 0 Å². The van der Waals surface area contributed by atoms with Crippen LogP contribution in [0.1, 0.15) is 58.7 Å². The number of nitrogens with one attached hydrogen (secondary N) is 1. The first-order valence-electron chi connectivity index (χ1n) is 9.31. The van der Waals surface area contributed by atoms with Crippen LogP contribution in [0.3, 0.4) is 0 Å². The molecule has 0 aliphatic heterocycles. The van der Waals surface area contributed by atoms with E-state index in [1.54, 1.807) is 13.8 Å². The number of urea groups is 1. The number of aromatic nitrogens is 1. The molecular formula is C19H22N4O4S2. The van der Waals surface area contributed by atoms with Gasteiger partial charge < -0.3 is 10.4 Å². The number of carbonyl (C=O) groups excluding carboxylic acids is 2. The van der Waals surface area contributed by atoms with Crippen molar-refractivity contribution in [3.8, 4) is 0 Å². The first kappa shape index (κ1) is 20.1. The number of nitrogens with two attached hydrogens (primary N) is 1. The summed E-state index contributed by atoms with van der Waals surface area (Å²) in [5.41, 5.74) is 2.85. The van der Waals surface area contributed by atoms with E-state index in [0.29, 0.717) is 29.1 Å². The van der Waals surface area contributed by atoms with Crippen molar-refractivity contribution in [1.29, 1.82) is 0 Å². The van der Waals surface area contributed by atoms with Gasteiger partial charge in [-0.3, -0.25) is 4.79 Å². The van der Waals surface area contributed by atoms with E-state index in [1.165, 1.54) is 6.20 Å². The molecule has 8 nitrogen and oxygen atoms in total. The SMILES string of the molecule is CC(C)(O)c1ncc([S@](N)(=O)=NC(=O)Nc2c3c(cc4c2C(=O)CC4)CCC3)s1. The molecule has 10 heteroatoms. The van der Waals surface area contributed by atoms with Crippen molar-refractivity contribution >= 4 is 38.8 Å². The van der Waals surface area contributed by atoms with Crippen molar-refractivity contribution in [2.24, 2.45) is 9.50 Å². The highest BCUT2D eigenvalue weighted by molar-refractivity contribution is 7.93. The van der Waals surface area contributed by atoms with E-state index in [9.17, 15) is 18.9 Å². The van der Waals surface area contributed by atoms with E-state index in [-0.39, 0.29) is 9.99 Å². The van der Waals surface area contributed by atoms with Crippen LogP contribution >= 0.6 is 11.3 Å². The number of aryl methyl sites for hydroxylation is 2. The second-order valence-electron chi connectivity index (χ2n) is 7.83. The molecule has 0 bridgehead atoms. The van der Waals surface area contributed by atoms with E-state index in [2.05, 4.69) is 20.7 Å². The quantitative estimate of drug-likeness (QED) is 0.683. The first-order valence-corrected chi connectivity index (χ1v) is 11.7. The van der Waals surface area contributed by atoms with Gasteiger partial charge in [0, 0.05) is 12.0 Å². The fourth-order valence-electron chi connectivity index (χ4n) is 3.81. The van der Waals surface area contributed by atoms with Crippen LogP contribution in [0, 0.1) is 0 Å². The maximum atomic E-state index is 12.8. The minimum atomic E-state index is -3.54. The number of hydrogen-bond donors (Lipinski definition) is 3. The number of benzene rings is 1. The van der Waals surface area contributed by atoms with Gasteiger partial charge in [0.1, 0.15) is 14.8 Å². The Kier molecular flexibility index (Phi) is 4.85. The Hall–Kier alpha value is -2.14. The molecular weight excluding hydrogens is 412 g/mol. The molecule has 2 aromatic rings. The summed E-state index contributed by atoms with van der Waals surface area (Å²) in [6.45, 7) is 3.09. The van der Waals surface area contributed by atoms with Crippen molar-refractivity contribution in [2.45, 2.75) is 55.8 Å². The number of nitrogens with zero attached hydrogens (tertiary/aromatic N) is 2. The van der Waals surface area contributed by atoms with Gasteiger partial charge in [0.2, 0.25) is 0 Å². The molecule has 1 aromatic heterocycles. The van der Waals surface area contributed by atoms with E-state index in [1.807, 2.05) is 0 Å². The molecule has 0 saturated carbocycles. The summed E-state index contributed by atoms with van der Waals surface area (Å²) in [6.07, 6.45) is 4.99. The summed E-state index contributed by atoms with van der Waals surface area (Å²) in [5, 5.41) is 18.9. The van der Waals surface area contributed by atoms with Crippen LogP contribution in [0.2, 0.25) is 0 Å². The number of fused-ring (bicyclic) bond motifs is 2. The third kappa shape index (κ3) is 3.73. The number of hydrogen-bond acceptors (Lipinski definition) is 6. The Labute approximate surface area is 172 Å². The fraction of sp³-hybridized carbons (Fsp3) is 0.421. The number of thiazole rings is 1. The normalized spacial score (nSPS) is 17.6. The zero-order valence-electron chi connectivity index (χ0n) is 16.2. The molecule has 0 radical (unpaired) electrons. The lowest BCUT2D eigenvalue weighted by molar-refractivity contribution is 0.0782. The Bertz CT molecular complexity index is 1150. The molecule has 154 valence electrons. The van der Waals surface area contributed by atoms with Gasteiger partial charge in [0.05, 0.1) is 11.9 Å². The van der Waals surface area contributed by atoms with Crippen molar-refractivity contribution < 1.29 is 18.9 Å². The average Bonchev–Trinajstić information content (AvgIpc) is 3.33. The number of rotatable bonds is 3. The largest absolute Gasteiger partial charge is 0.383 e. The van der Waals surface area contributed by atoms with Crippen LogP contribution in [0.15, 0.2) is 20.8 Å². The van der Waals surface area contributed by atoms with Crippen LogP contribution in [0.4, 0.5) is 10.5 Å². The predicted molar refractivity (Wildman–Crippen MR) is 111 cm³/mol. The van der Waals surface area contributed by atoms with Crippen LogP contribution in [-0.2, 0) is 34.8 Å². The third-order valence-electron chi connectivity index (χ3n) is 5.13. The molecule has 2 aliphatic rings. The van der Waals surface area contributed by atoms with Crippen LogP contribution < -0.4 is 10.5 Å². The zero-order valence-corrected chi connectivity index (χ0v) is 17.8. The standard InChI is InChI=1S/C19H22N4O4S2/c1-19(2,26)17-21-9-14(28-17)29(20,27)23-18(25)22-16-12-5-3-4-10(12)8-11-6-7-13(24)15(11)16/h8-9,26H,3-7H2,1-2H3,(H3,20,22,23,25,27)/t29-/m1/s1. The lowest BCUT2D eigenvalue weighted by Gasteiger charge is -2.14. The summed E-state index contributed by atoms with van der Waals surface area (Å²) in [4.78, 5) is 29.0. The van der Waals surface area contributed by atoms with Gasteiger partial charge in [-0.15, -0.1) is 15.7 Å². The highest BCUT2D eigenvalue weighted by Crippen LogP contribution is 2.38. The molecule has 1 aromatic carbocycles. The Morgan fingerprint density at radius 1 is 1.31 bits per heavy atom. The van der Waals surface area contributed by atoms with Gasteiger partial charge in [-0.1, -0.05) is 6.07 Å². The summed E-state index contributed by atoms with van der Waals surface area (Å²) in [5.74, 6) is -0.00393. The Balaban J connectivity index is 1.68. The summed E-state index contributed by atoms with van der Waals surface area (Å²) < 4.78 is 16.6. The molecule has 0 fully saturated rings. The molecule has 29 heavy (non-hydrogen) atoms. The zero-order chi connectivity index (χ0) is 21.0. The molecule has 0 saturated heterocycles. The molecule has 0 spiro atoms. The topological polar surface area (TPSA) is 135 Å². The maximum absolute atomic E-state index is 12.8. The highest BCUT2D eigenvalue weighted by Gasteiger charge is 2.30. The van der Waals surface area contributed by atoms with E-state index >= 15 is 0 Å². The minimum absolute atomic E-state index is 0.00393. The molecule has 2 amide bonds. The van der Waals surface area contributed by atoms with Gasteiger partial charge in [-0.05, 0) is 56.2 Å². The number of carbonyl (C=O) groups is 2. The smallest absolute Gasteiger partial charge is 0.354 e. The van der Waals surface area contributed by atoms with Crippen LogP contribution in [0.5, 0.6) is 0 Å². The second-order valence-corrected chi connectivity index (χ2v) is 10.9. The lowest BCUT2D eigenvalue weighted by Crippen LogP contribution is -2.18. The molecule has 4 rings (SSSR count). The van der Waals surface area contributed by atoms with Gasteiger partial charge in [-0.2, -0.15) is 0 Å². The van der Waals surface area contributed by atoms with Gasteiger partial charge >= 0.3 is 6.03 Å². The van der Waals surface area contributed by atoms with Crippen molar-refractivity contribution in [2.75, 3.05) is 5.32 Å². The highest BCUT2D eigenvalue weighted by atomic mass is 32.2. The van der Waals surface area contributed by atoms with Crippen molar-refractivity contribution in [3.05, 3.63) is 39.5 Å². The molecule has 1 atom stereocenters. The summed E-state index contributed by atoms with van der Waals surface area (Å²) >= 11 is 0.946.